The molecule has 2 aliphatic rings. The molecule has 0 bridgehead atoms. The van der Waals surface area contributed by atoms with Gasteiger partial charge in [-0.3, -0.25) is 4.79 Å². The number of aromatic nitrogens is 3. The first-order chi connectivity index (χ1) is 16.5. The third-order valence-electron chi connectivity index (χ3n) is 6.73. The average Bonchev–Trinajstić information content (AvgIpc) is 3.52. The molecule has 0 aliphatic carbocycles. The highest BCUT2D eigenvalue weighted by molar-refractivity contribution is 7.89. The van der Waals surface area contributed by atoms with Crippen LogP contribution in [0.2, 0.25) is 0 Å². The maximum absolute atomic E-state index is 13.5. The van der Waals surface area contributed by atoms with E-state index < -0.39 is 16.1 Å². The Morgan fingerprint density at radius 3 is 2.53 bits per heavy atom. The number of piperazine rings is 1. The first-order valence-electron chi connectivity index (χ1n) is 11.9. The van der Waals surface area contributed by atoms with E-state index in [-0.39, 0.29) is 10.8 Å². The zero-order valence-corrected chi connectivity index (χ0v) is 20.2. The standard InChI is InChI=1S/C24H30N6O3S/c1-2-12-29-22-11-10-20(18-21(22)25-26-29)34(32,33)30-13-6-9-23(30)24(31)28-16-14-27(15-17-28)19-7-4-3-5-8-19/h3-5,7-8,10-11,18,23H,2,6,9,12-17H2,1H3/t23-/m1/s1. The van der Waals surface area contributed by atoms with Gasteiger partial charge in [0.05, 0.1) is 10.4 Å². The molecule has 9 nitrogen and oxygen atoms in total. The SMILES string of the molecule is CCCn1nnc2cc(S(=O)(=O)N3CCC[C@@H]3C(=O)N3CCN(c4ccccc4)CC3)ccc21. The summed E-state index contributed by atoms with van der Waals surface area (Å²) in [4.78, 5) is 17.6. The summed E-state index contributed by atoms with van der Waals surface area (Å²) < 4.78 is 30.2. The van der Waals surface area contributed by atoms with Gasteiger partial charge in [0.1, 0.15) is 11.6 Å². The maximum Gasteiger partial charge on any atom is 0.243 e. The summed E-state index contributed by atoms with van der Waals surface area (Å²) in [6, 6.07) is 14.4. The third-order valence-corrected chi connectivity index (χ3v) is 8.63. The van der Waals surface area contributed by atoms with Crippen molar-refractivity contribution < 1.29 is 13.2 Å². The molecule has 34 heavy (non-hydrogen) atoms. The predicted molar refractivity (Wildman–Crippen MR) is 130 cm³/mol. The van der Waals surface area contributed by atoms with Crippen LogP contribution in [0.15, 0.2) is 53.4 Å². The molecule has 1 aromatic heterocycles. The number of rotatable bonds is 6. The predicted octanol–water partition coefficient (Wildman–Crippen LogP) is 2.34. The number of hydrogen-bond acceptors (Lipinski definition) is 6. The van der Waals surface area contributed by atoms with Crippen molar-refractivity contribution in [3.8, 4) is 0 Å². The number of benzene rings is 2. The number of para-hydroxylation sites is 1. The Bertz CT molecular complexity index is 1270. The van der Waals surface area contributed by atoms with Gasteiger partial charge < -0.3 is 9.80 Å². The van der Waals surface area contributed by atoms with E-state index in [1.807, 2.05) is 23.1 Å². The number of carbonyl (C=O) groups excluding carboxylic acids is 1. The van der Waals surface area contributed by atoms with Crippen LogP contribution in [0.5, 0.6) is 0 Å². The number of fused-ring (bicyclic) bond motifs is 1. The van der Waals surface area contributed by atoms with E-state index in [2.05, 4.69) is 34.3 Å². The van der Waals surface area contributed by atoms with Crippen molar-refractivity contribution in [2.45, 2.75) is 43.7 Å². The summed E-state index contributed by atoms with van der Waals surface area (Å²) in [5.74, 6) is -0.0937. The van der Waals surface area contributed by atoms with E-state index in [4.69, 9.17) is 0 Å². The van der Waals surface area contributed by atoms with Gasteiger partial charge in [-0.1, -0.05) is 30.3 Å². The molecule has 2 saturated heterocycles. The highest BCUT2D eigenvalue weighted by atomic mass is 32.2. The molecule has 2 aliphatic heterocycles. The molecular formula is C24H30N6O3S. The number of amides is 1. The van der Waals surface area contributed by atoms with Gasteiger partial charge in [0.25, 0.3) is 0 Å². The van der Waals surface area contributed by atoms with Crippen LogP contribution in [-0.2, 0) is 21.4 Å². The quantitative estimate of drug-likeness (QED) is 0.536. The lowest BCUT2D eigenvalue weighted by Crippen LogP contribution is -2.54. The molecule has 3 aromatic rings. The Labute approximate surface area is 200 Å². The summed E-state index contributed by atoms with van der Waals surface area (Å²) in [5, 5.41) is 8.28. The zero-order chi connectivity index (χ0) is 23.7. The molecular weight excluding hydrogens is 452 g/mol. The summed E-state index contributed by atoms with van der Waals surface area (Å²) in [7, 11) is -3.82. The highest BCUT2D eigenvalue weighted by Gasteiger charge is 2.41. The van der Waals surface area contributed by atoms with Gasteiger partial charge in [0.15, 0.2) is 0 Å². The molecule has 1 amide bonds. The van der Waals surface area contributed by atoms with E-state index in [0.717, 1.165) is 37.3 Å². The van der Waals surface area contributed by atoms with Crippen molar-refractivity contribution >= 4 is 32.7 Å². The second kappa shape index (κ2) is 9.34. The van der Waals surface area contributed by atoms with Gasteiger partial charge in [0, 0.05) is 45.0 Å². The first-order valence-corrected chi connectivity index (χ1v) is 13.4. The third kappa shape index (κ3) is 4.16. The maximum atomic E-state index is 13.5. The van der Waals surface area contributed by atoms with Crippen LogP contribution in [0, 0.1) is 0 Å². The second-order valence-corrected chi connectivity index (χ2v) is 10.8. The van der Waals surface area contributed by atoms with E-state index in [0.29, 0.717) is 38.0 Å². The number of sulfonamides is 1. The number of hydrogen-bond donors (Lipinski definition) is 0. The fraction of sp³-hybridized carbons (Fsp3) is 0.458. The van der Waals surface area contributed by atoms with Crippen LogP contribution in [0.1, 0.15) is 26.2 Å². The van der Waals surface area contributed by atoms with Gasteiger partial charge in [-0.15, -0.1) is 5.10 Å². The topological polar surface area (TPSA) is 91.6 Å². The minimum Gasteiger partial charge on any atom is -0.368 e. The van der Waals surface area contributed by atoms with E-state index in [1.54, 1.807) is 22.9 Å². The van der Waals surface area contributed by atoms with Gasteiger partial charge in [-0.2, -0.15) is 4.31 Å². The molecule has 0 N–H and O–H groups in total. The lowest BCUT2D eigenvalue weighted by molar-refractivity contribution is -0.134. The van der Waals surface area contributed by atoms with Crippen molar-refractivity contribution in [3.05, 3.63) is 48.5 Å². The van der Waals surface area contributed by atoms with Crippen molar-refractivity contribution in [2.75, 3.05) is 37.6 Å². The molecule has 2 fully saturated rings. The highest BCUT2D eigenvalue weighted by Crippen LogP contribution is 2.29. The molecule has 0 unspecified atom stereocenters. The minimum absolute atomic E-state index is 0.0937. The molecule has 3 heterocycles. The summed E-state index contributed by atoms with van der Waals surface area (Å²) in [6.45, 7) is 5.78. The molecule has 0 saturated carbocycles. The zero-order valence-electron chi connectivity index (χ0n) is 19.4. The van der Waals surface area contributed by atoms with Crippen molar-refractivity contribution in [1.82, 2.24) is 24.2 Å². The summed E-state index contributed by atoms with van der Waals surface area (Å²) >= 11 is 0. The van der Waals surface area contributed by atoms with Crippen molar-refractivity contribution in [1.29, 1.82) is 0 Å². The monoisotopic (exact) mass is 482 g/mol. The fourth-order valence-electron chi connectivity index (χ4n) is 4.93. The Morgan fingerprint density at radius 1 is 1.03 bits per heavy atom. The smallest absolute Gasteiger partial charge is 0.243 e. The molecule has 0 spiro atoms. The Morgan fingerprint density at radius 2 is 1.79 bits per heavy atom. The molecule has 0 radical (unpaired) electrons. The van der Waals surface area contributed by atoms with Gasteiger partial charge in [-0.05, 0) is 49.6 Å². The second-order valence-electron chi connectivity index (χ2n) is 8.88. The van der Waals surface area contributed by atoms with E-state index in [1.165, 1.54) is 4.31 Å². The normalized spacial score (nSPS) is 19.7. The molecule has 180 valence electrons. The van der Waals surface area contributed by atoms with Crippen LogP contribution in [0.3, 0.4) is 0 Å². The molecule has 5 rings (SSSR count). The van der Waals surface area contributed by atoms with Crippen LogP contribution >= 0.6 is 0 Å². The fourth-order valence-corrected chi connectivity index (χ4v) is 6.61. The van der Waals surface area contributed by atoms with Gasteiger partial charge in [0.2, 0.25) is 15.9 Å². The number of nitrogens with zero attached hydrogens (tertiary/aromatic N) is 6. The largest absolute Gasteiger partial charge is 0.368 e. The van der Waals surface area contributed by atoms with E-state index >= 15 is 0 Å². The lowest BCUT2D eigenvalue weighted by Gasteiger charge is -2.38. The van der Waals surface area contributed by atoms with E-state index in [9.17, 15) is 13.2 Å². The Hall–Kier alpha value is -2.98. The summed E-state index contributed by atoms with van der Waals surface area (Å²) in [6.07, 6.45) is 2.14. The first kappa shape index (κ1) is 22.8. The minimum atomic E-state index is -3.82. The summed E-state index contributed by atoms with van der Waals surface area (Å²) in [5.41, 5.74) is 2.51. The number of aryl methyl sites for hydroxylation is 1. The number of carbonyl (C=O) groups is 1. The average molecular weight is 483 g/mol. The Balaban J connectivity index is 1.31. The molecule has 1 atom stereocenters. The van der Waals surface area contributed by atoms with Gasteiger partial charge >= 0.3 is 0 Å². The van der Waals surface area contributed by atoms with Crippen LogP contribution in [0.4, 0.5) is 5.69 Å². The number of anilines is 1. The van der Waals surface area contributed by atoms with Crippen LogP contribution in [-0.4, -0.2) is 77.3 Å². The van der Waals surface area contributed by atoms with Gasteiger partial charge in [-0.25, -0.2) is 13.1 Å². The lowest BCUT2D eigenvalue weighted by atomic mass is 10.1. The Kier molecular flexibility index (Phi) is 6.26. The van der Waals surface area contributed by atoms with Crippen molar-refractivity contribution in [2.24, 2.45) is 0 Å². The van der Waals surface area contributed by atoms with Crippen molar-refractivity contribution in [3.63, 3.8) is 0 Å². The molecule has 2 aromatic carbocycles. The van der Waals surface area contributed by atoms with Crippen LogP contribution in [0.25, 0.3) is 11.0 Å². The molecule has 10 heteroatoms. The van der Waals surface area contributed by atoms with Crippen LogP contribution < -0.4 is 4.90 Å².